The summed E-state index contributed by atoms with van der Waals surface area (Å²) in [5.41, 5.74) is 5.51. The van der Waals surface area contributed by atoms with E-state index in [0.717, 1.165) is 0 Å². The second kappa shape index (κ2) is 7.63. The van der Waals surface area contributed by atoms with Gasteiger partial charge in [0.2, 0.25) is 5.91 Å². The molecule has 0 radical (unpaired) electrons. The molecule has 0 saturated heterocycles. The number of carbonyl (C=O) groups is 1. The predicted octanol–water partition coefficient (Wildman–Crippen LogP) is 1.00. The van der Waals surface area contributed by atoms with Gasteiger partial charge in [0.1, 0.15) is 0 Å². The smallest absolute Gasteiger partial charge is 0.222 e. The van der Waals surface area contributed by atoms with E-state index in [1.807, 2.05) is 4.90 Å². The van der Waals surface area contributed by atoms with Crippen molar-refractivity contribution in [2.45, 2.75) is 32.1 Å². The Morgan fingerprint density at radius 3 is 2.62 bits per heavy atom. The van der Waals surface area contributed by atoms with Gasteiger partial charge in [-0.2, -0.15) is 0 Å². The Morgan fingerprint density at radius 1 is 1.38 bits per heavy atom. The number of ether oxygens (including phenoxy) is 1. The highest BCUT2D eigenvalue weighted by molar-refractivity contribution is 5.76. The minimum Gasteiger partial charge on any atom is -0.383 e. The van der Waals surface area contributed by atoms with E-state index < -0.39 is 0 Å². The molecule has 0 aromatic heterocycles. The molecule has 4 nitrogen and oxygen atoms in total. The van der Waals surface area contributed by atoms with Crippen molar-refractivity contribution in [2.24, 2.45) is 11.7 Å². The molecule has 1 saturated carbocycles. The summed E-state index contributed by atoms with van der Waals surface area (Å²) in [6.45, 7) is 2.44. The van der Waals surface area contributed by atoms with Crippen LogP contribution in [-0.2, 0) is 9.53 Å². The second-order valence-electron chi connectivity index (χ2n) is 4.52. The standard InChI is InChI=1S/C12H24N2O2/c1-16-9-8-14(7-6-13)12(15)10-11-4-2-3-5-11/h11H,2-10,13H2,1H3. The first-order valence-electron chi connectivity index (χ1n) is 6.24. The monoisotopic (exact) mass is 228 g/mol. The fourth-order valence-electron chi connectivity index (χ4n) is 2.31. The lowest BCUT2D eigenvalue weighted by molar-refractivity contribution is -0.132. The van der Waals surface area contributed by atoms with E-state index in [1.165, 1.54) is 25.7 Å². The molecule has 0 atom stereocenters. The van der Waals surface area contributed by atoms with Gasteiger partial charge in [-0.25, -0.2) is 0 Å². The Labute approximate surface area is 98.1 Å². The third-order valence-electron chi connectivity index (χ3n) is 3.26. The van der Waals surface area contributed by atoms with Crippen molar-refractivity contribution in [1.29, 1.82) is 0 Å². The van der Waals surface area contributed by atoms with Gasteiger partial charge in [0.15, 0.2) is 0 Å². The summed E-state index contributed by atoms with van der Waals surface area (Å²) >= 11 is 0. The lowest BCUT2D eigenvalue weighted by Crippen LogP contribution is -2.38. The molecule has 1 fully saturated rings. The Kier molecular flexibility index (Phi) is 6.42. The van der Waals surface area contributed by atoms with E-state index in [9.17, 15) is 4.79 Å². The Bertz CT molecular complexity index is 203. The zero-order valence-electron chi connectivity index (χ0n) is 10.3. The van der Waals surface area contributed by atoms with Crippen molar-refractivity contribution in [3.63, 3.8) is 0 Å². The van der Waals surface area contributed by atoms with Crippen molar-refractivity contribution in [2.75, 3.05) is 33.4 Å². The maximum absolute atomic E-state index is 12.0. The first kappa shape index (κ1) is 13.5. The van der Waals surface area contributed by atoms with Crippen LogP contribution in [0.2, 0.25) is 0 Å². The van der Waals surface area contributed by atoms with E-state index in [1.54, 1.807) is 7.11 Å². The zero-order chi connectivity index (χ0) is 11.8. The van der Waals surface area contributed by atoms with E-state index in [0.29, 0.717) is 38.6 Å². The van der Waals surface area contributed by atoms with Crippen LogP contribution >= 0.6 is 0 Å². The SMILES string of the molecule is COCCN(CCN)C(=O)CC1CCCC1. The summed E-state index contributed by atoms with van der Waals surface area (Å²) in [5, 5.41) is 0. The van der Waals surface area contributed by atoms with Crippen molar-refractivity contribution < 1.29 is 9.53 Å². The van der Waals surface area contributed by atoms with Crippen LogP contribution in [0.3, 0.4) is 0 Å². The van der Waals surface area contributed by atoms with Crippen LogP contribution in [-0.4, -0.2) is 44.2 Å². The van der Waals surface area contributed by atoms with Crippen LogP contribution < -0.4 is 5.73 Å². The largest absolute Gasteiger partial charge is 0.383 e. The number of hydrogen-bond acceptors (Lipinski definition) is 3. The van der Waals surface area contributed by atoms with E-state index >= 15 is 0 Å². The highest BCUT2D eigenvalue weighted by Gasteiger charge is 2.21. The number of hydrogen-bond donors (Lipinski definition) is 1. The molecule has 16 heavy (non-hydrogen) atoms. The summed E-state index contributed by atoms with van der Waals surface area (Å²) in [5.74, 6) is 0.852. The number of methoxy groups -OCH3 is 1. The van der Waals surface area contributed by atoms with Crippen LogP contribution in [0, 0.1) is 5.92 Å². The summed E-state index contributed by atoms with van der Waals surface area (Å²) in [7, 11) is 1.65. The van der Waals surface area contributed by atoms with Crippen molar-refractivity contribution in [1.82, 2.24) is 4.90 Å². The fraction of sp³-hybridized carbons (Fsp3) is 0.917. The molecule has 0 heterocycles. The van der Waals surface area contributed by atoms with Crippen LogP contribution in [0.25, 0.3) is 0 Å². The van der Waals surface area contributed by atoms with Crippen molar-refractivity contribution >= 4 is 5.91 Å². The van der Waals surface area contributed by atoms with Gasteiger partial charge < -0.3 is 15.4 Å². The fourth-order valence-corrected chi connectivity index (χ4v) is 2.31. The molecular formula is C12H24N2O2. The Morgan fingerprint density at radius 2 is 2.06 bits per heavy atom. The van der Waals surface area contributed by atoms with E-state index in [-0.39, 0.29) is 5.91 Å². The highest BCUT2D eigenvalue weighted by atomic mass is 16.5. The van der Waals surface area contributed by atoms with Crippen LogP contribution in [0.4, 0.5) is 0 Å². The van der Waals surface area contributed by atoms with Crippen molar-refractivity contribution in [3.05, 3.63) is 0 Å². The number of carbonyl (C=O) groups excluding carboxylic acids is 1. The molecule has 0 aliphatic heterocycles. The molecule has 2 N–H and O–H groups in total. The second-order valence-corrected chi connectivity index (χ2v) is 4.52. The minimum atomic E-state index is 0.245. The molecule has 1 aliphatic carbocycles. The number of nitrogens with two attached hydrogens (primary N) is 1. The Hall–Kier alpha value is -0.610. The zero-order valence-corrected chi connectivity index (χ0v) is 10.3. The molecule has 0 aromatic rings. The van der Waals surface area contributed by atoms with Crippen LogP contribution in [0.5, 0.6) is 0 Å². The molecule has 4 heteroatoms. The van der Waals surface area contributed by atoms with Gasteiger partial charge in [-0.1, -0.05) is 12.8 Å². The summed E-state index contributed by atoms with van der Waals surface area (Å²) in [6.07, 6.45) is 5.70. The van der Waals surface area contributed by atoms with Gasteiger partial charge in [0, 0.05) is 33.2 Å². The lowest BCUT2D eigenvalue weighted by atomic mass is 10.0. The molecule has 1 rings (SSSR count). The van der Waals surface area contributed by atoms with Gasteiger partial charge in [-0.05, 0) is 18.8 Å². The van der Waals surface area contributed by atoms with Gasteiger partial charge in [0.25, 0.3) is 0 Å². The van der Waals surface area contributed by atoms with Crippen molar-refractivity contribution in [3.8, 4) is 0 Å². The molecule has 0 unspecified atom stereocenters. The van der Waals surface area contributed by atoms with Crippen LogP contribution in [0.1, 0.15) is 32.1 Å². The molecule has 0 aromatic carbocycles. The highest BCUT2D eigenvalue weighted by Crippen LogP contribution is 2.27. The lowest BCUT2D eigenvalue weighted by Gasteiger charge is -2.23. The van der Waals surface area contributed by atoms with E-state index in [2.05, 4.69) is 0 Å². The van der Waals surface area contributed by atoms with Gasteiger partial charge in [-0.15, -0.1) is 0 Å². The van der Waals surface area contributed by atoms with E-state index in [4.69, 9.17) is 10.5 Å². The van der Waals surface area contributed by atoms with Gasteiger partial charge >= 0.3 is 0 Å². The normalized spacial score (nSPS) is 16.6. The maximum Gasteiger partial charge on any atom is 0.222 e. The number of nitrogens with zero attached hydrogens (tertiary/aromatic N) is 1. The minimum absolute atomic E-state index is 0.245. The Balaban J connectivity index is 2.32. The van der Waals surface area contributed by atoms with Crippen LogP contribution in [0.15, 0.2) is 0 Å². The quantitative estimate of drug-likeness (QED) is 0.707. The maximum atomic E-state index is 12.0. The molecule has 1 aliphatic rings. The molecule has 0 spiro atoms. The molecule has 0 bridgehead atoms. The first-order valence-corrected chi connectivity index (χ1v) is 6.24. The molecular weight excluding hydrogens is 204 g/mol. The molecule has 1 amide bonds. The predicted molar refractivity (Wildman–Crippen MR) is 64.1 cm³/mol. The third-order valence-corrected chi connectivity index (χ3v) is 3.26. The summed E-state index contributed by atoms with van der Waals surface area (Å²) in [6, 6.07) is 0. The number of rotatable bonds is 7. The third kappa shape index (κ3) is 4.49. The molecule has 94 valence electrons. The van der Waals surface area contributed by atoms with Gasteiger partial charge in [0.05, 0.1) is 6.61 Å². The average Bonchev–Trinajstić information content (AvgIpc) is 2.76. The summed E-state index contributed by atoms with van der Waals surface area (Å²) < 4.78 is 5.00. The average molecular weight is 228 g/mol. The summed E-state index contributed by atoms with van der Waals surface area (Å²) in [4.78, 5) is 13.8. The topological polar surface area (TPSA) is 55.6 Å². The van der Waals surface area contributed by atoms with Gasteiger partial charge in [-0.3, -0.25) is 4.79 Å². The first-order chi connectivity index (χ1) is 7.77. The number of amides is 1.